The summed E-state index contributed by atoms with van der Waals surface area (Å²) in [4.78, 5) is 14.1. The lowest BCUT2D eigenvalue weighted by Gasteiger charge is -2.22. The first-order valence-corrected chi connectivity index (χ1v) is 8.89. The Bertz CT molecular complexity index is 957. The highest BCUT2D eigenvalue weighted by Gasteiger charge is 2.28. The van der Waals surface area contributed by atoms with Gasteiger partial charge in [-0.25, -0.2) is 0 Å². The molecule has 0 fully saturated rings. The van der Waals surface area contributed by atoms with Crippen molar-refractivity contribution >= 4 is 5.82 Å². The molecule has 0 saturated carbocycles. The molecule has 0 saturated heterocycles. The average Bonchev–Trinajstić information content (AvgIpc) is 3.16. The summed E-state index contributed by atoms with van der Waals surface area (Å²) < 4.78 is 18.8. The fourth-order valence-corrected chi connectivity index (χ4v) is 2.94. The molecule has 1 aliphatic heterocycles. The Kier molecular flexibility index (Phi) is 5.20. The molecule has 0 amide bonds. The summed E-state index contributed by atoms with van der Waals surface area (Å²) in [7, 11) is 0. The lowest BCUT2D eigenvalue weighted by molar-refractivity contribution is -0.389. The first kappa shape index (κ1) is 18.0. The maximum absolute atomic E-state index is 10.8. The molecule has 1 aromatic heterocycles. The van der Waals surface area contributed by atoms with Crippen LogP contribution in [0.15, 0.2) is 60.8 Å². The van der Waals surface area contributed by atoms with Crippen molar-refractivity contribution in [3.8, 4) is 11.8 Å². The number of rotatable bonds is 7. The van der Waals surface area contributed by atoms with Gasteiger partial charge in [0.2, 0.25) is 0 Å². The molecule has 3 aromatic rings. The van der Waals surface area contributed by atoms with E-state index in [0.717, 1.165) is 16.9 Å². The molecular weight excluding hydrogens is 362 g/mol. The van der Waals surface area contributed by atoms with E-state index in [1.807, 2.05) is 54.6 Å². The predicted molar refractivity (Wildman–Crippen MR) is 100 cm³/mol. The summed E-state index contributed by atoms with van der Waals surface area (Å²) in [6.07, 6.45) is 1.15. The molecular formula is C20H19N3O5. The summed E-state index contributed by atoms with van der Waals surface area (Å²) in [6.45, 7) is 1.66. The fourth-order valence-electron chi connectivity index (χ4n) is 2.94. The van der Waals surface area contributed by atoms with Crippen molar-refractivity contribution in [1.29, 1.82) is 0 Å². The van der Waals surface area contributed by atoms with Gasteiger partial charge in [-0.1, -0.05) is 42.5 Å². The van der Waals surface area contributed by atoms with E-state index in [1.165, 1.54) is 6.20 Å². The minimum Gasteiger partial charge on any atom is -0.489 e. The van der Waals surface area contributed by atoms with Crippen LogP contribution in [0.1, 0.15) is 11.1 Å². The lowest BCUT2D eigenvalue weighted by atomic mass is 10.2. The monoisotopic (exact) mass is 381 g/mol. The Morgan fingerprint density at radius 1 is 1.14 bits per heavy atom. The number of nitrogens with zero attached hydrogens (tertiary/aromatic N) is 3. The van der Waals surface area contributed by atoms with Crippen molar-refractivity contribution in [3.63, 3.8) is 0 Å². The number of aromatic nitrogens is 2. The molecule has 1 aliphatic rings. The Morgan fingerprint density at radius 2 is 1.96 bits per heavy atom. The first-order chi connectivity index (χ1) is 13.7. The van der Waals surface area contributed by atoms with Crippen LogP contribution in [0, 0.1) is 10.1 Å². The maximum Gasteiger partial charge on any atom is 0.414 e. The van der Waals surface area contributed by atoms with Crippen LogP contribution in [0.3, 0.4) is 0 Å². The van der Waals surface area contributed by atoms with Gasteiger partial charge in [-0.3, -0.25) is 4.57 Å². The number of imidazole rings is 1. The van der Waals surface area contributed by atoms with Gasteiger partial charge in [-0.05, 0) is 28.2 Å². The molecule has 144 valence electrons. The second kappa shape index (κ2) is 8.10. The zero-order chi connectivity index (χ0) is 19.3. The predicted octanol–water partition coefficient (Wildman–Crippen LogP) is 3.35. The fraction of sp³-hybridized carbons (Fsp3) is 0.250. The molecule has 4 rings (SSSR count). The van der Waals surface area contributed by atoms with Crippen molar-refractivity contribution in [1.82, 2.24) is 9.55 Å². The van der Waals surface area contributed by atoms with E-state index >= 15 is 0 Å². The van der Waals surface area contributed by atoms with Gasteiger partial charge in [-0.2, -0.15) is 0 Å². The summed E-state index contributed by atoms with van der Waals surface area (Å²) in [6, 6.07) is 18.0. The number of nitro groups is 1. The van der Waals surface area contributed by atoms with E-state index in [9.17, 15) is 10.1 Å². The second-order valence-corrected chi connectivity index (χ2v) is 6.46. The SMILES string of the molecule is O=[N+]([O-])c1cn2c(n1)OC[C@@H](OCc1cccc(OCc3ccccc3)c1)C2. The molecule has 28 heavy (non-hydrogen) atoms. The Labute approximate surface area is 161 Å². The van der Waals surface area contributed by atoms with Crippen molar-refractivity contribution in [2.75, 3.05) is 6.61 Å². The van der Waals surface area contributed by atoms with Crippen LogP contribution in [0.5, 0.6) is 11.8 Å². The summed E-state index contributed by atoms with van der Waals surface area (Å²) >= 11 is 0. The summed E-state index contributed by atoms with van der Waals surface area (Å²) in [5.41, 5.74) is 2.08. The molecule has 0 spiro atoms. The third-order valence-corrected chi connectivity index (χ3v) is 4.35. The van der Waals surface area contributed by atoms with Crippen LogP contribution in [0.4, 0.5) is 5.82 Å². The number of fused-ring (bicyclic) bond motifs is 1. The molecule has 1 atom stereocenters. The second-order valence-electron chi connectivity index (χ2n) is 6.46. The average molecular weight is 381 g/mol. The number of ether oxygens (including phenoxy) is 3. The van der Waals surface area contributed by atoms with Gasteiger partial charge in [-0.15, -0.1) is 0 Å². The van der Waals surface area contributed by atoms with E-state index in [0.29, 0.717) is 26.4 Å². The molecule has 0 radical (unpaired) electrons. The van der Waals surface area contributed by atoms with E-state index < -0.39 is 4.92 Å². The highest BCUT2D eigenvalue weighted by Crippen LogP contribution is 2.23. The summed E-state index contributed by atoms with van der Waals surface area (Å²) in [5, 5.41) is 10.8. The zero-order valence-electron chi connectivity index (χ0n) is 15.1. The number of hydrogen-bond acceptors (Lipinski definition) is 6. The van der Waals surface area contributed by atoms with Gasteiger partial charge in [0.1, 0.15) is 31.3 Å². The molecule has 0 aliphatic carbocycles. The standard InChI is InChI=1S/C20H19N3O5/c24-23(25)19-11-22-10-18(14-28-20(22)21-19)27-13-16-7-4-8-17(9-16)26-12-15-5-2-1-3-6-15/h1-9,11,18H,10,12-14H2/t18-/m0/s1. The third kappa shape index (κ3) is 4.29. The zero-order valence-corrected chi connectivity index (χ0v) is 15.1. The number of hydrogen-bond donors (Lipinski definition) is 0. The highest BCUT2D eigenvalue weighted by atomic mass is 16.6. The van der Waals surface area contributed by atoms with Crippen LogP contribution in [-0.4, -0.2) is 27.2 Å². The minimum atomic E-state index is -0.536. The van der Waals surface area contributed by atoms with Gasteiger partial charge in [0.15, 0.2) is 0 Å². The van der Waals surface area contributed by atoms with Gasteiger partial charge in [0, 0.05) is 4.98 Å². The van der Waals surface area contributed by atoms with Gasteiger partial charge < -0.3 is 24.3 Å². The quantitative estimate of drug-likeness (QED) is 0.461. The lowest BCUT2D eigenvalue weighted by Crippen LogP contribution is -2.32. The molecule has 2 heterocycles. The molecule has 8 nitrogen and oxygen atoms in total. The van der Waals surface area contributed by atoms with E-state index in [1.54, 1.807) is 4.57 Å². The molecule has 0 unspecified atom stereocenters. The van der Waals surface area contributed by atoms with Gasteiger partial charge in [0.25, 0.3) is 0 Å². The first-order valence-electron chi connectivity index (χ1n) is 8.89. The Morgan fingerprint density at radius 3 is 2.79 bits per heavy atom. The van der Waals surface area contributed by atoms with E-state index in [2.05, 4.69) is 4.98 Å². The van der Waals surface area contributed by atoms with Crippen LogP contribution in [-0.2, 0) is 24.5 Å². The Balaban J connectivity index is 1.32. The molecule has 2 aromatic carbocycles. The minimum absolute atomic E-state index is 0.213. The van der Waals surface area contributed by atoms with Crippen molar-refractivity contribution in [2.24, 2.45) is 0 Å². The van der Waals surface area contributed by atoms with Crippen LogP contribution < -0.4 is 9.47 Å². The van der Waals surface area contributed by atoms with Crippen molar-refractivity contribution in [2.45, 2.75) is 25.9 Å². The normalized spacial score (nSPS) is 15.5. The van der Waals surface area contributed by atoms with Crippen LogP contribution >= 0.6 is 0 Å². The molecule has 0 bridgehead atoms. The largest absolute Gasteiger partial charge is 0.489 e. The molecule has 8 heteroatoms. The van der Waals surface area contributed by atoms with Crippen molar-refractivity contribution in [3.05, 3.63) is 82.0 Å². The number of benzene rings is 2. The third-order valence-electron chi connectivity index (χ3n) is 4.35. The van der Waals surface area contributed by atoms with Crippen LogP contribution in [0.25, 0.3) is 0 Å². The Hall–Kier alpha value is -3.39. The highest BCUT2D eigenvalue weighted by molar-refractivity contribution is 5.28. The van der Waals surface area contributed by atoms with Crippen LogP contribution in [0.2, 0.25) is 0 Å². The van der Waals surface area contributed by atoms with Crippen molar-refractivity contribution < 1.29 is 19.1 Å². The molecule has 0 N–H and O–H groups in total. The van der Waals surface area contributed by atoms with Gasteiger partial charge >= 0.3 is 11.8 Å². The topological polar surface area (TPSA) is 88.7 Å². The summed E-state index contributed by atoms with van der Waals surface area (Å²) in [5.74, 6) is 0.552. The maximum atomic E-state index is 10.8. The van der Waals surface area contributed by atoms with Gasteiger partial charge in [0.05, 0.1) is 13.2 Å². The van der Waals surface area contributed by atoms with E-state index in [4.69, 9.17) is 14.2 Å². The van der Waals surface area contributed by atoms with E-state index in [-0.39, 0.29) is 17.9 Å². The smallest absolute Gasteiger partial charge is 0.414 e.